The summed E-state index contributed by atoms with van der Waals surface area (Å²) in [6.45, 7) is 7.35. The molecule has 0 saturated heterocycles. The van der Waals surface area contributed by atoms with Crippen LogP contribution in [0.15, 0.2) is 0 Å². The molecule has 2 atom stereocenters. The summed E-state index contributed by atoms with van der Waals surface area (Å²) < 4.78 is 0. The summed E-state index contributed by atoms with van der Waals surface area (Å²) in [5, 5.41) is 12.2. The van der Waals surface area contributed by atoms with Crippen LogP contribution in [0.4, 0.5) is 0 Å². The van der Waals surface area contributed by atoms with Crippen LogP contribution in [0.5, 0.6) is 0 Å². The highest BCUT2D eigenvalue weighted by atomic mass is 16.2. The molecule has 0 aliphatic heterocycles. The molecule has 0 aromatic heterocycles. The second-order valence-electron chi connectivity index (χ2n) is 4.03. The number of rotatable bonds is 7. The molecule has 0 amide bonds. The Balaban J connectivity index is 3.79. The number of aliphatic hydroxyl groups excluding tert-OH is 1. The Morgan fingerprint density at radius 2 is 2.15 bits per heavy atom. The van der Waals surface area contributed by atoms with E-state index in [0.29, 0.717) is 12.6 Å². The van der Waals surface area contributed by atoms with Crippen molar-refractivity contribution >= 4 is 0 Å². The third-order valence-electron chi connectivity index (χ3n) is 2.62. The van der Waals surface area contributed by atoms with Gasteiger partial charge in [0, 0.05) is 24.7 Å². The molecule has 0 heterocycles. The van der Waals surface area contributed by atoms with Gasteiger partial charge in [0.15, 0.2) is 0 Å². The van der Waals surface area contributed by atoms with E-state index >= 15 is 0 Å². The molecule has 80 valence electrons. The normalized spacial score (nSPS) is 18.2. The van der Waals surface area contributed by atoms with Crippen LogP contribution in [0.1, 0.15) is 40.0 Å². The van der Waals surface area contributed by atoms with Crippen LogP contribution in [0, 0.1) is 0 Å². The van der Waals surface area contributed by atoms with E-state index in [1.807, 2.05) is 0 Å². The zero-order chi connectivity index (χ0) is 10.3. The van der Waals surface area contributed by atoms with E-state index in [4.69, 9.17) is 10.8 Å². The van der Waals surface area contributed by atoms with Gasteiger partial charge in [0.1, 0.15) is 0 Å². The number of hydrogen-bond acceptors (Lipinski definition) is 3. The van der Waals surface area contributed by atoms with Crippen LogP contribution in [0.25, 0.3) is 0 Å². The van der Waals surface area contributed by atoms with Crippen molar-refractivity contribution in [2.75, 3.05) is 13.2 Å². The van der Waals surface area contributed by atoms with Gasteiger partial charge in [-0.15, -0.1) is 0 Å². The van der Waals surface area contributed by atoms with Crippen molar-refractivity contribution in [3.63, 3.8) is 0 Å². The first-order valence-corrected chi connectivity index (χ1v) is 5.16. The van der Waals surface area contributed by atoms with E-state index in [1.165, 1.54) is 0 Å². The van der Waals surface area contributed by atoms with E-state index in [1.54, 1.807) is 0 Å². The predicted molar refractivity (Wildman–Crippen MR) is 56.7 cm³/mol. The predicted octanol–water partition coefficient (Wildman–Crippen LogP) is 0.864. The number of nitrogens with one attached hydrogen (secondary N) is 1. The second-order valence-corrected chi connectivity index (χ2v) is 4.03. The minimum atomic E-state index is 0.0505. The first kappa shape index (κ1) is 12.9. The molecule has 0 fully saturated rings. The molecule has 3 nitrogen and oxygen atoms in total. The maximum Gasteiger partial charge on any atom is 0.0431 e. The molecule has 0 spiro atoms. The summed E-state index contributed by atoms with van der Waals surface area (Å²) >= 11 is 0. The summed E-state index contributed by atoms with van der Waals surface area (Å²) in [5.41, 5.74) is 5.73. The fourth-order valence-electron chi connectivity index (χ4n) is 1.37. The largest absolute Gasteiger partial charge is 0.396 e. The lowest BCUT2D eigenvalue weighted by molar-refractivity contribution is 0.258. The zero-order valence-electron chi connectivity index (χ0n) is 9.14. The molecule has 3 heteroatoms. The summed E-state index contributed by atoms with van der Waals surface area (Å²) in [5.74, 6) is 0. The first-order valence-electron chi connectivity index (χ1n) is 5.16. The average molecular weight is 188 g/mol. The van der Waals surface area contributed by atoms with Gasteiger partial charge in [-0.25, -0.2) is 0 Å². The molecule has 0 radical (unpaired) electrons. The third-order valence-corrected chi connectivity index (χ3v) is 2.62. The molecule has 2 unspecified atom stereocenters. The molecule has 0 aromatic carbocycles. The fraction of sp³-hybridized carbons (Fsp3) is 1.00. The lowest BCUT2D eigenvalue weighted by atomic mass is 9.97. The monoisotopic (exact) mass is 188 g/mol. The lowest BCUT2D eigenvalue weighted by Crippen LogP contribution is -2.51. The topological polar surface area (TPSA) is 58.3 Å². The van der Waals surface area contributed by atoms with Gasteiger partial charge < -0.3 is 16.2 Å². The smallest absolute Gasteiger partial charge is 0.0431 e. The molecular formula is C10H24N2O. The minimum absolute atomic E-state index is 0.0505. The van der Waals surface area contributed by atoms with Crippen LogP contribution in [0.2, 0.25) is 0 Å². The van der Waals surface area contributed by atoms with Crippen molar-refractivity contribution in [1.29, 1.82) is 0 Å². The van der Waals surface area contributed by atoms with Gasteiger partial charge in [-0.05, 0) is 33.1 Å². The third kappa shape index (κ3) is 5.24. The molecule has 0 aliphatic carbocycles. The van der Waals surface area contributed by atoms with Crippen molar-refractivity contribution in [3.05, 3.63) is 0 Å². The van der Waals surface area contributed by atoms with Crippen molar-refractivity contribution in [1.82, 2.24) is 5.32 Å². The van der Waals surface area contributed by atoms with Gasteiger partial charge in [-0.3, -0.25) is 0 Å². The summed E-state index contributed by atoms with van der Waals surface area (Å²) in [7, 11) is 0. The summed E-state index contributed by atoms with van der Waals surface area (Å²) in [6.07, 6.45) is 2.90. The van der Waals surface area contributed by atoms with Crippen molar-refractivity contribution in [2.45, 2.75) is 51.6 Å². The highest BCUT2D eigenvalue weighted by molar-refractivity contribution is 4.84. The van der Waals surface area contributed by atoms with Gasteiger partial charge in [0.25, 0.3) is 0 Å². The Bertz CT molecular complexity index is 124. The van der Waals surface area contributed by atoms with Crippen LogP contribution in [-0.2, 0) is 0 Å². The SMILES string of the molecule is CCC(C)(CN)NC(C)CCCO. The summed E-state index contributed by atoms with van der Waals surface area (Å²) in [6, 6.07) is 0.431. The van der Waals surface area contributed by atoms with Crippen LogP contribution < -0.4 is 11.1 Å². The van der Waals surface area contributed by atoms with E-state index < -0.39 is 0 Å². The van der Waals surface area contributed by atoms with Gasteiger partial charge in [-0.1, -0.05) is 6.92 Å². The van der Waals surface area contributed by atoms with Crippen LogP contribution in [0.3, 0.4) is 0 Å². The molecule has 0 rings (SSSR count). The Labute approximate surface area is 81.7 Å². The Morgan fingerprint density at radius 3 is 2.54 bits per heavy atom. The Morgan fingerprint density at radius 1 is 1.54 bits per heavy atom. The zero-order valence-corrected chi connectivity index (χ0v) is 9.14. The Kier molecular flexibility index (Phi) is 6.29. The Hall–Kier alpha value is -0.120. The van der Waals surface area contributed by atoms with E-state index in [2.05, 4.69) is 26.1 Å². The molecule has 0 saturated carbocycles. The number of nitrogens with two attached hydrogens (primary N) is 1. The minimum Gasteiger partial charge on any atom is -0.396 e. The standard InChI is InChI=1S/C10H24N2O/c1-4-10(3,8-11)12-9(2)6-5-7-13/h9,12-13H,4-8,11H2,1-3H3. The number of hydrogen-bond donors (Lipinski definition) is 3. The molecule has 0 aliphatic rings. The molecular weight excluding hydrogens is 164 g/mol. The van der Waals surface area contributed by atoms with Gasteiger partial charge in [0.05, 0.1) is 0 Å². The maximum atomic E-state index is 8.68. The molecule has 4 N–H and O–H groups in total. The van der Waals surface area contributed by atoms with Gasteiger partial charge in [0.2, 0.25) is 0 Å². The molecule has 0 aromatic rings. The highest BCUT2D eigenvalue weighted by Gasteiger charge is 2.21. The number of aliphatic hydroxyl groups is 1. The van der Waals surface area contributed by atoms with Gasteiger partial charge >= 0.3 is 0 Å². The highest BCUT2D eigenvalue weighted by Crippen LogP contribution is 2.09. The van der Waals surface area contributed by atoms with E-state index in [-0.39, 0.29) is 12.1 Å². The second kappa shape index (κ2) is 6.35. The van der Waals surface area contributed by atoms with E-state index in [0.717, 1.165) is 19.3 Å². The quantitative estimate of drug-likeness (QED) is 0.555. The molecule has 13 heavy (non-hydrogen) atoms. The fourth-order valence-corrected chi connectivity index (χ4v) is 1.37. The van der Waals surface area contributed by atoms with E-state index in [9.17, 15) is 0 Å². The van der Waals surface area contributed by atoms with Crippen molar-refractivity contribution in [2.24, 2.45) is 5.73 Å². The first-order chi connectivity index (χ1) is 6.08. The van der Waals surface area contributed by atoms with Crippen LogP contribution in [-0.4, -0.2) is 29.8 Å². The van der Waals surface area contributed by atoms with Gasteiger partial charge in [-0.2, -0.15) is 0 Å². The lowest BCUT2D eigenvalue weighted by Gasteiger charge is -2.31. The summed E-state index contributed by atoms with van der Waals surface area (Å²) in [4.78, 5) is 0. The molecule has 0 bridgehead atoms. The van der Waals surface area contributed by atoms with Crippen molar-refractivity contribution < 1.29 is 5.11 Å². The van der Waals surface area contributed by atoms with Crippen LogP contribution >= 0.6 is 0 Å². The maximum absolute atomic E-state index is 8.68. The van der Waals surface area contributed by atoms with Crippen molar-refractivity contribution in [3.8, 4) is 0 Å². The average Bonchev–Trinajstić information content (AvgIpc) is 2.14.